The fraction of sp³-hybridized carbons (Fsp3) is 0.476. The van der Waals surface area contributed by atoms with Crippen molar-refractivity contribution in [2.24, 2.45) is 35.5 Å². The van der Waals surface area contributed by atoms with Gasteiger partial charge in [0, 0.05) is 10.2 Å². The first-order valence-electron chi connectivity index (χ1n) is 9.47. The van der Waals surface area contributed by atoms with Crippen LogP contribution in [0.25, 0.3) is 0 Å². The van der Waals surface area contributed by atoms with Crippen molar-refractivity contribution in [2.45, 2.75) is 20.3 Å². The van der Waals surface area contributed by atoms with Crippen LogP contribution < -0.4 is 5.32 Å². The molecule has 6 rings (SSSR count). The lowest BCUT2D eigenvalue weighted by Crippen LogP contribution is -2.40. The van der Waals surface area contributed by atoms with E-state index in [-0.39, 0.29) is 47.9 Å². The van der Waals surface area contributed by atoms with Crippen LogP contribution in [-0.2, 0) is 14.4 Å². The molecule has 5 aliphatic rings. The van der Waals surface area contributed by atoms with Crippen LogP contribution in [0.15, 0.2) is 28.8 Å². The third-order valence-electron chi connectivity index (χ3n) is 6.84. The number of allylic oxidation sites excluding steroid dienone is 2. The van der Waals surface area contributed by atoms with Crippen molar-refractivity contribution in [2.75, 3.05) is 11.9 Å². The van der Waals surface area contributed by atoms with E-state index in [2.05, 4.69) is 33.4 Å². The van der Waals surface area contributed by atoms with Gasteiger partial charge in [0.1, 0.15) is 6.54 Å². The third kappa shape index (κ3) is 2.45. The van der Waals surface area contributed by atoms with Crippen molar-refractivity contribution in [3.63, 3.8) is 0 Å². The molecule has 1 heterocycles. The van der Waals surface area contributed by atoms with E-state index < -0.39 is 0 Å². The van der Waals surface area contributed by atoms with Gasteiger partial charge in [-0.05, 0) is 67.2 Å². The number of carbonyl (C=O) groups is 3. The Morgan fingerprint density at radius 1 is 1.07 bits per heavy atom. The molecule has 0 radical (unpaired) electrons. The summed E-state index contributed by atoms with van der Waals surface area (Å²) in [7, 11) is 0. The van der Waals surface area contributed by atoms with E-state index in [9.17, 15) is 14.4 Å². The molecule has 0 aromatic heterocycles. The lowest BCUT2D eigenvalue weighted by atomic mass is 9.63. The molecule has 4 aliphatic carbocycles. The maximum Gasteiger partial charge on any atom is 0.244 e. The van der Waals surface area contributed by atoms with Gasteiger partial charge in [-0.15, -0.1) is 0 Å². The van der Waals surface area contributed by atoms with Gasteiger partial charge in [-0.1, -0.05) is 28.1 Å². The van der Waals surface area contributed by atoms with Crippen LogP contribution in [0.4, 0.5) is 5.69 Å². The van der Waals surface area contributed by atoms with Crippen LogP contribution in [0.2, 0.25) is 0 Å². The molecule has 1 saturated heterocycles. The number of halogens is 1. The normalized spacial score (nSPS) is 35.3. The maximum atomic E-state index is 12.9. The Labute approximate surface area is 166 Å². The zero-order valence-electron chi connectivity index (χ0n) is 15.2. The fourth-order valence-corrected chi connectivity index (χ4v) is 5.88. The van der Waals surface area contributed by atoms with Crippen molar-refractivity contribution in [1.29, 1.82) is 0 Å². The van der Waals surface area contributed by atoms with Gasteiger partial charge in [-0.25, -0.2) is 0 Å². The number of amides is 3. The summed E-state index contributed by atoms with van der Waals surface area (Å²) < 4.78 is 0.980. The molecule has 2 bridgehead atoms. The van der Waals surface area contributed by atoms with Gasteiger partial charge >= 0.3 is 0 Å². The van der Waals surface area contributed by atoms with Gasteiger partial charge in [0.25, 0.3) is 0 Å². The molecule has 1 N–H and O–H groups in total. The van der Waals surface area contributed by atoms with E-state index in [1.807, 2.05) is 26.0 Å². The molecule has 1 aliphatic heterocycles. The number of nitrogens with zero attached hydrogens (tertiary/aromatic N) is 1. The molecule has 140 valence electrons. The zero-order chi connectivity index (χ0) is 19.0. The summed E-state index contributed by atoms with van der Waals surface area (Å²) in [5.41, 5.74) is 2.65. The molecular weight excluding hydrogens is 408 g/mol. The molecule has 0 unspecified atom stereocenters. The second-order valence-corrected chi connectivity index (χ2v) is 9.24. The topological polar surface area (TPSA) is 66.5 Å². The molecule has 27 heavy (non-hydrogen) atoms. The minimum absolute atomic E-state index is 0.159. The fourth-order valence-electron chi connectivity index (χ4n) is 5.42. The quantitative estimate of drug-likeness (QED) is 0.594. The molecule has 1 aromatic carbocycles. The number of nitrogens with one attached hydrogen (secondary N) is 1. The lowest BCUT2D eigenvalue weighted by molar-refractivity contribution is -0.142. The molecule has 1 aromatic rings. The standard InChI is InChI=1S/C21H21BrN2O3/c1-9-6-16(10(2)5-15(9)22)23-17(25)8-24-20(26)18-11-3-4-12(14-7-13(11)14)19(18)21(24)27/h3-6,11-14,18-19H,7-8H2,1-2H3,(H,23,25)/t11-,12-,13-,14-,18+,19+/m1/s1. The number of imide groups is 1. The average molecular weight is 429 g/mol. The van der Waals surface area contributed by atoms with Gasteiger partial charge in [0.05, 0.1) is 11.8 Å². The number of hydrogen-bond donors (Lipinski definition) is 1. The highest BCUT2D eigenvalue weighted by molar-refractivity contribution is 9.10. The average Bonchev–Trinajstić information content (AvgIpc) is 3.41. The van der Waals surface area contributed by atoms with E-state index in [4.69, 9.17) is 0 Å². The summed E-state index contributed by atoms with van der Waals surface area (Å²) >= 11 is 3.48. The molecule has 0 spiro atoms. The Kier molecular flexibility index (Phi) is 3.67. The predicted molar refractivity (Wildman–Crippen MR) is 104 cm³/mol. The largest absolute Gasteiger partial charge is 0.324 e. The molecule has 3 amide bonds. The highest BCUT2D eigenvalue weighted by atomic mass is 79.9. The first kappa shape index (κ1) is 17.2. The SMILES string of the molecule is Cc1cc(NC(=O)CN2C(=O)[C@H]3[C@@H]4C=C[C@H]([C@H]5C[C@H]45)[C@@H]3C2=O)c(C)cc1Br. The second-order valence-electron chi connectivity index (χ2n) is 8.38. The molecule has 6 heteroatoms. The third-order valence-corrected chi connectivity index (χ3v) is 7.69. The summed E-state index contributed by atoms with van der Waals surface area (Å²) in [6.07, 6.45) is 5.42. The minimum atomic E-state index is -0.328. The van der Waals surface area contributed by atoms with Crippen molar-refractivity contribution in [1.82, 2.24) is 4.90 Å². The van der Waals surface area contributed by atoms with Crippen molar-refractivity contribution in [3.8, 4) is 0 Å². The predicted octanol–water partition coefficient (Wildman–Crippen LogP) is 3.06. The number of hydrogen-bond acceptors (Lipinski definition) is 3. The summed E-state index contributed by atoms with van der Waals surface area (Å²) in [5.74, 6) is 0.367. The number of anilines is 1. The number of benzene rings is 1. The highest BCUT2D eigenvalue weighted by Gasteiger charge is 2.67. The number of likely N-dealkylation sites (tertiary alicyclic amines) is 1. The Bertz CT molecular complexity index is 888. The Hall–Kier alpha value is -1.95. The van der Waals surface area contributed by atoms with Gasteiger partial charge in [-0.2, -0.15) is 0 Å². The van der Waals surface area contributed by atoms with E-state index in [0.29, 0.717) is 17.5 Å². The Morgan fingerprint density at radius 3 is 2.26 bits per heavy atom. The first-order chi connectivity index (χ1) is 12.9. The van der Waals surface area contributed by atoms with Gasteiger partial charge < -0.3 is 5.32 Å². The number of carbonyl (C=O) groups excluding carboxylic acids is 3. The summed E-state index contributed by atoms with van der Waals surface area (Å²) in [6, 6.07) is 3.84. The molecule has 5 nitrogen and oxygen atoms in total. The molecule has 3 fully saturated rings. The zero-order valence-corrected chi connectivity index (χ0v) is 16.8. The van der Waals surface area contributed by atoms with E-state index in [0.717, 1.165) is 22.0 Å². The van der Waals surface area contributed by atoms with Gasteiger partial charge in [0.15, 0.2) is 0 Å². The first-order valence-corrected chi connectivity index (χ1v) is 10.3. The summed E-state index contributed by atoms with van der Waals surface area (Å²) in [4.78, 5) is 39.7. The minimum Gasteiger partial charge on any atom is -0.324 e. The van der Waals surface area contributed by atoms with Crippen LogP contribution in [0.1, 0.15) is 17.5 Å². The highest BCUT2D eigenvalue weighted by Crippen LogP contribution is 2.65. The number of aryl methyl sites for hydroxylation is 2. The Balaban J connectivity index is 1.33. The van der Waals surface area contributed by atoms with Crippen LogP contribution in [0.3, 0.4) is 0 Å². The smallest absolute Gasteiger partial charge is 0.244 e. The van der Waals surface area contributed by atoms with E-state index in [1.54, 1.807) is 0 Å². The second kappa shape index (κ2) is 5.77. The monoisotopic (exact) mass is 428 g/mol. The van der Waals surface area contributed by atoms with Crippen LogP contribution in [0.5, 0.6) is 0 Å². The molecular formula is C21H21BrN2O3. The lowest BCUT2D eigenvalue weighted by Gasteiger charge is -2.37. The van der Waals surface area contributed by atoms with Crippen molar-refractivity contribution >= 4 is 39.3 Å². The van der Waals surface area contributed by atoms with Crippen LogP contribution in [-0.4, -0.2) is 29.2 Å². The van der Waals surface area contributed by atoms with Crippen LogP contribution in [0, 0.1) is 49.4 Å². The van der Waals surface area contributed by atoms with Crippen molar-refractivity contribution < 1.29 is 14.4 Å². The Morgan fingerprint density at radius 2 is 1.67 bits per heavy atom. The van der Waals surface area contributed by atoms with Gasteiger partial charge in [0.2, 0.25) is 17.7 Å². The van der Waals surface area contributed by atoms with E-state index in [1.165, 1.54) is 4.90 Å². The number of rotatable bonds is 3. The summed E-state index contributed by atoms with van der Waals surface area (Å²) in [6.45, 7) is 3.66. The molecule has 2 saturated carbocycles. The van der Waals surface area contributed by atoms with Gasteiger partial charge in [-0.3, -0.25) is 19.3 Å². The molecule has 6 atom stereocenters. The maximum absolute atomic E-state index is 12.9. The summed E-state index contributed by atoms with van der Waals surface area (Å²) in [5, 5.41) is 2.86. The van der Waals surface area contributed by atoms with E-state index >= 15 is 0 Å². The van der Waals surface area contributed by atoms with Crippen LogP contribution >= 0.6 is 15.9 Å². The van der Waals surface area contributed by atoms with Crippen molar-refractivity contribution in [3.05, 3.63) is 39.9 Å².